The molecule has 25 heavy (non-hydrogen) atoms. The van der Waals surface area contributed by atoms with Crippen LogP contribution in [0.5, 0.6) is 0 Å². The lowest BCUT2D eigenvalue weighted by Crippen LogP contribution is -2.38. The van der Waals surface area contributed by atoms with E-state index in [0.717, 1.165) is 0 Å². The van der Waals surface area contributed by atoms with Crippen molar-refractivity contribution in [3.8, 4) is 0 Å². The Balaban J connectivity index is 1.37. The van der Waals surface area contributed by atoms with Crippen molar-refractivity contribution in [2.75, 3.05) is 13.1 Å². The Bertz CT molecular complexity index is 883. The number of H-pyrrole nitrogens is 1. The van der Waals surface area contributed by atoms with Gasteiger partial charge in [-0.2, -0.15) is 0 Å². The van der Waals surface area contributed by atoms with E-state index in [4.69, 9.17) is 0 Å². The minimum Gasteiger partial charge on any atom is -0.349 e. The molecule has 2 aliphatic rings. The van der Waals surface area contributed by atoms with Crippen LogP contribution in [0.1, 0.15) is 26.7 Å². The Hall–Kier alpha value is -3.03. The number of amides is 2. The van der Waals surface area contributed by atoms with Gasteiger partial charge in [0, 0.05) is 55.0 Å². The molecule has 2 fully saturated rings. The molecule has 0 bridgehead atoms. The van der Waals surface area contributed by atoms with E-state index in [-0.39, 0.29) is 40.9 Å². The van der Waals surface area contributed by atoms with Crippen LogP contribution in [0.25, 0.3) is 0 Å². The van der Waals surface area contributed by atoms with E-state index >= 15 is 0 Å². The fourth-order valence-electron chi connectivity index (χ4n) is 3.50. The number of pyridine rings is 1. The smallest absolute Gasteiger partial charge is 0.272 e. The van der Waals surface area contributed by atoms with Gasteiger partial charge in [0.15, 0.2) is 0 Å². The fraction of sp³-hybridized carbons (Fsp3) is 0.353. The number of fused-ring (bicyclic) bond motifs is 1. The van der Waals surface area contributed by atoms with Crippen LogP contribution in [0.3, 0.4) is 0 Å². The lowest BCUT2D eigenvalue weighted by atomic mass is 10.2. The summed E-state index contributed by atoms with van der Waals surface area (Å²) in [5, 5.41) is 3.01. The number of aryl methyl sites for hydroxylation is 1. The van der Waals surface area contributed by atoms with Gasteiger partial charge in [-0.3, -0.25) is 19.4 Å². The van der Waals surface area contributed by atoms with Crippen molar-refractivity contribution in [1.82, 2.24) is 25.2 Å². The second-order valence-corrected chi connectivity index (χ2v) is 6.49. The first-order valence-corrected chi connectivity index (χ1v) is 8.11. The van der Waals surface area contributed by atoms with Crippen molar-refractivity contribution >= 4 is 11.8 Å². The molecule has 8 nitrogen and oxygen atoms in total. The van der Waals surface area contributed by atoms with Crippen LogP contribution in [-0.4, -0.2) is 50.8 Å². The average Bonchev–Trinajstić information content (AvgIpc) is 3.04. The molecule has 0 spiro atoms. The summed E-state index contributed by atoms with van der Waals surface area (Å²) < 4.78 is 0. The van der Waals surface area contributed by atoms with Crippen LogP contribution in [-0.2, 0) is 0 Å². The third kappa shape index (κ3) is 2.90. The zero-order valence-electron chi connectivity index (χ0n) is 13.6. The molecular weight excluding hydrogens is 322 g/mol. The maximum Gasteiger partial charge on any atom is 0.272 e. The number of hydrogen-bond acceptors (Lipinski definition) is 5. The van der Waals surface area contributed by atoms with Crippen LogP contribution in [0.2, 0.25) is 0 Å². The molecule has 1 unspecified atom stereocenters. The topological polar surface area (TPSA) is 108 Å². The number of carbonyl (C=O) groups excluding carboxylic acids is 2. The van der Waals surface area contributed by atoms with Crippen LogP contribution >= 0.6 is 0 Å². The van der Waals surface area contributed by atoms with Gasteiger partial charge in [0.2, 0.25) is 0 Å². The first kappa shape index (κ1) is 15.5. The summed E-state index contributed by atoms with van der Waals surface area (Å²) in [5.74, 6) is 0.588. The van der Waals surface area contributed by atoms with Crippen molar-refractivity contribution in [3.63, 3.8) is 0 Å². The van der Waals surface area contributed by atoms with Gasteiger partial charge in [-0.15, -0.1) is 0 Å². The van der Waals surface area contributed by atoms with E-state index in [2.05, 4.69) is 20.3 Å². The molecule has 2 aromatic heterocycles. The predicted octanol–water partition coefficient (Wildman–Crippen LogP) is -0.0263. The number of carbonyl (C=O) groups is 2. The van der Waals surface area contributed by atoms with Crippen LogP contribution in [0.15, 0.2) is 35.4 Å². The molecule has 3 heterocycles. The molecule has 3 atom stereocenters. The summed E-state index contributed by atoms with van der Waals surface area (Å²) >= 11 is 0. The molecule has 2 aromatic rings. The molecule has 1 aliphatic heterocycles. The van der Waals surface area contributed by atoms with Gasteiger partial charge in [-0.25, -0.2) is 4.98 Å². The number of piperidine rings is 1. The molecule has 128 valence electrons. The summed E-state index contributed by atoms with van der Waals surface area (Å²) in [6, 6.07) is 4.66. The zero-order chi connectivity index (χ0) is 17.6. The first-order valence-electron chi connectivity index (χ1n) is 8.11. The van der Waals surface area contributed by atoms with Crippen molar-refractivity contribution in [3.05, 3.63) is 58.0 Å². The molecule has 0 aromatic carbocycles. The number of aromatic amines is 1. The van der Waals surface area contributed by atoms with E-state index in [0.29, 0.717) is 24.5 Å². The number of rotatable bonds is 3. The lowest BCUT2D eigenvalue weighted by molar-refractivity contribution is 0.0763. The minimum atomic E-state index is -0.331. The monoisotopic (exact) mass is 339 g/mol. The Morgan fingerprint density at radius 1 is 1.24 bits per heavy atom. The van der Waals surface area contributed by atoms with Crippen LogP contribution in [0, 0.1) is 18.8 Å². The SMILES string of the molecule is Cc1nc(C(=O)N2C[C@@H]3C(NC(=O)c4ccncc4)[C@@H]3C2)cc(=O)[nH]1. The normalized spacial score (nSPS) is 23.9. The molecule has 4 rings (SSSR count). The van der Waals surface area contributed by atoms with Gasteiger partial charge in [-0.1, -0.05) is 0 Å². The van der Waals surface area contributed by atoms with E-state index in [1.54, 1.807) is 36.4 Å². The molecule has 1 saturated heterocycles. The van der Waals surface area contributed by atoms with Crippen molar-refractivity contribution < 1.29 is 9.59 Å². The fourth-order valence-corrected chi connectivity index (χ4v) is 3.50. The largest absolute Gasteiger partial charge is 0.349 e. The maximum absolute atomic E-state index is 12.5. The van der Waals surface area contributed by atoms with Crippen molar-refractivity contribution in [1.29, 1.82) is 0 Å². The maximum atomic E-state index is 12.5. The van der Waals surface area contributed by atoms with E-state index in [9.17, 15) is 14.4 Å². The molecule has 1 aliphatic carbocycles. The summed E-state index contributed by atoms with van der Waals surface area (Å²) in [6.45, 7) is 2.78. The quantitative estimate of drug-likeness (QED) is 0.817. The highest BCUT2D eigenvalue weighted by atomic mass is 16.2. The van der Waals surface area contributed by atoms with Crippen molar-refractivity contribution in [2.24, 2.45) is 11.8 Å². The summed E-state index contributed by atoms with van der Waals surface area (Å²) in [5.41, 5.74) is 0.415. The molecule has 2 amide bonds. The summed E-state index contributed by atoms with van der Waals surface area (Å²) in [6.07, 6.45) is 3.17. The molecule has 8 heteroatoms. The Kier molecular flexibility index (Phi) is 3.60. The molecule has 1 saturated carbocycles. The Labute approximate surface area is 143 Å². The standard InChI is InChI=1S/C17H17N5O3/c1-9-19-13(6-14(23)20-9)17(25)22-7-11-12(8-22)15(11)21-16(24)10-2-4-18-5-3-10/h2-6,11-12,15H,7-8H2,1H3,(H,21,24)(H,19,20,23)/t11-,12+,15?. The van der Waals surface area contributed by atoms with Gasteiger partial charge < -0.3 is 15.2 Å². The number of aromatic nitrogens is 3. The third-order valence-electron chi connectivity index (χ3n) is 4.80. The van der Waals surface area contributed by atoms with Crippen LogP contribution in [0.4, 0.5) is 0 Å². The highest BCUT2D eigenvalue weighted by molar-refractivity contribution is 5.95. The molecular formula is C17H17N5O3. The van der Waals surface area contributed by atoms with Gasteiger partial charge in [-0.05, 0) is 19.1 Å². The Morgan fingerprint density at radius 3 is 2.56 bits per heavy atom. The van der Waals surface area contributed by atoms with E-state index < -0.39 is 0 Å². The van der Waals surface area contributed by atoms with Gasteiger partial charge in [0.1, 0.15) is 11.5 Å². The van der Waals surface area contributed by atoms with E-state index in [1.165, 1.54) is 6.07 Å². The Morgan fingerprint density at radius 2 is 1.92 bits per heavy atom. The summed E-state index contributed by atoms with van der Waals surface area (Å²) in [4.78, 5) is 48.4. The number of likely N-dealkylation sites (tertiary alicyclic amines) is 1. The molecule has 2 N–H and O–H groups in total. The number of nitrogens with one attached hydrogen (secondary N) is 2. The number of hydrogen-bond donors (Lipinski definition) is 2. The zero-order valence-corrected chi connectivity index (χ0v) is 13.6. The van der Waals surface area contributed by atoms with Gasteiger partial charge >= 0.3 is 0 Å². The third-order valence-corrected chi connectivity index (χ3v) is 4.80. The predicted molar refractivity (Wildman–Crippen MR) is 88.0 cm³/mol. The van der Waals surface area contributed by atoms with Crippen molar-refractivity contribution in [2.45, 2.75) is 13.0 Å². The first-order chi connectivity index (χ1) is 12.0. The minimum absolute atomic E-state index is 0.0959. The average molecular weight is 339 g/mol. The lowest BCUT2D eigenvalue weighted by Gasteiger charge is -2.20. The number of nitrogens with zero attached hydrogens (tertiary/aromatic N) is 3. The second kappa shape index (κ2) is 5.80. The van der Waals surface area contributed by atoms with Gasteiger partial charge in [0.25, 0.3) is 17.4 Å². The van der Waals surface area contributed by atoms with Gasteiger partial charge in [0.05, 0.1) is 0 Å². The van der Waals surface area contributed by atoms with Crippen LogP contribution < -0.4 is 10.9 Å². The highest BCUT2D eigenvalue weighted by Crippen LogP contribution is 2.45. The highest BCUT2D eigenvalue weighted by Gasteiger charge is 2.57. The van der Waals surface area contributed by atoms with E-state index in [1.807, 2.05) is 0 Å². The molecule has 0 radical (unpaired) electrons. The summed E-state index contributed by atoms with van der Waals surface area (Å²) in [7, 11) is 0. The second-order valence-electron chi connectivity index (χ2n) is 6.49.